The molecule has 0 aliphatic heterocycles. The molecule has 0 saturated carbocycles. The number of rotatable bonds is 9. The molecule has 3 aromatic rings. The van der Waals surface area contributed by atoms with Gasteiger partial charge in [0, 0.05) is 12.0 Å². The van der Waals surface area contributed by atoms with E-state index in [1.165, 1.54) is 42.4 Å². The fraction of sp³-hybridized carbons (Fsp3) is 0.308. The van der Waals surface area contributed by atoms with Crippen LogP contribution < -0.4 is 4.74 Å². The molecule has 2 heteroatoms. The minimum atomic E-state index is 0.368. The van der Waals surface area contributed by atoms with Crippen LogP contribution in [-0.4, -0.2) is 12.2 Å². The summed E-state index contributed by atoms with van der Waals surface area (Å²) in [6.45, 7) is 2.24. The maximum atomic E-state index is 10.7. The maximum absolute atomic E-state index is 10.7. The van der Waals surface area contributed by atoms with Gasteiger partial charge in [0.15, 0.2) is 0 Å². The Morgan fingerprint density at radius 1 is 0.821 bits per heavy atom. The summed E-state index contributed by atoms with van der Waals surface area (Å²) in [5.74, 6) is 1.21. The summed E-state index contributed by atoms with van der Waals surface area (Å²) in [6, 6.07) is 22.5. The number of aryl methyl sites for hydroxylation is 1. The minimum absolute atomic E-state index is 0.368. The first kappa shape index (κ1) is 20.0. The van der Waals surface area contributed by atoms with Gasteiger partial charge < -0.3 is 9.84 Å². The van der Waals surface area contributed by atoms with Crippen LogP contribution in [0.4, 0.5) is 0 Å². The number of aromatic hydroxyl groups is 1. The highest BCUT2D eigenvalue weighted by molar-refractivity contribution is 5.74. The first-order valence-electron chi connectivity index (χ1n) is 10.2. The minimum Gasteiger partial charge on any atom is -0.508 e. The molecule has 0 bridgehead atoms. The van der Waals surface area contributed by atoms with Crippen molar-refractivity contribution in [1.82, 2.24) is 0 Å². The SMILES string of the molecule is CCCCCCc1ccc(O)c(Cc2ccccc2)c1-c1ccc(OC)cc1. The Kier molecular flexibility index (Phi) is 7.13. The van der Waals surface area contributed by atoms with Crippen LogP contribution in [0.15, 0.2) is 66.7 Å². The first-order chi connectivity index (χ1) is 13.7. The van der Waals surface area contributed by atoms with E-state index in [-0.39, 0.29) is 0 Å². The highest BCUT2D eigenvalue weighted by Gasteiger charge is 2.16. The molecule has 0 aliphatic carbocycles. The van der Waals surface area contributed by atoms with Crippen LogP contribution in [0.1, 0.15) is 49.3 Å². The van der Waals surface area contributed by atoms with Gasteiger partial charge in [-0.05, 0) is 53.3 Å². The van der Waals surface area contributed by atoms with E-state index in [1.54, 1.807) is 7.11 Å². The molecule has 0 unspecified atom stereocenters. The molecule has 3 aromatic carbocycles. The van der Waals surface area contributed by atoms with Gasteiger partial charge in [-0.15, -0.1) is 0 Å². The third-order valence-corrected chi connectivity index (χ3v) is 5.28. The number of hydrogen-bond donors (Lipinski definition) is 1. The summed E-state index contributed by atoms with van der Waals surface area (Å²) in [7, 11) is 1.68. The second kappa shape index (κ2) is 9.98. The summed E-state index contributed by atoms with van der Waals surface area (Å²) in [6.07, 6.45) is 6.67. The number of unbranched alkanes of at least 4 members (excludes halogenated alkanes) is 3. The molecule has 0 radical (unpaired) electrons. The van der Waals surface area contributed by atoms with Crippen molar-refractivity contribution in [2.75, 3.05) is 7.11 Å². The van der Waals surface area contributed by atoms with E-state index in [0.29, 0.717) is 5.75 Å². The zero-order valence-corrected chi connectivity index (χ0v) is 16.9. The molecule has 2 nitrogen and oxygen atoms in total. The molecule has 146 valence electrons. The van der Waals surface area contributed by atoms with E-state index in [2.05, 4.69) is 37.3 Å². The third kappa shape index (κ3) is 4.95. The number of benzene rings is 3. The molecule has 0 spiro atoms. The number of phenolic OH excluding ortho intramolecular Hbond substituents is 1. The van der Waals surface area contributed by atoms with Gasteiger partial charge in [-0.25, -0.2) is 0 Å². The second-order valence-corrected chi connectivity index (χ2v) is 7.30. The highest BCUT2D eigenvalue weighted by atomic mass is 16.5. The van der Waals surface area contributed by atoms with E-state index < -0.39 is 0 Å². The molecule has 0 amide bonds. The molecular weight excluding hydrogens is 344 g/mol. The van der Waals surface area contributed by atoms with Crippen LogP contribution in [-0.2, 0) is 12.8 Å². The zero-order chi connectivity index (χ0) is 19.8. The Balaban J connectivity index is 2.02. The monoisotopic (exact) mass is 374 g/mol. The lowest BCUT2D eigenvalue weighted by atomic mass is 9.88. The normalized spacial score (nSPS) is 10.8. The highest BCUT2D eigenvalue weighted by Crippen LogP contribution is 2.36. The van der Waals surface area contributed by atoms with Crippen molar-refractivity contribution in [1.29, 1.82) is 0 Å². The Morgan fingerprint density at radius 3 is 2.25 bits per heavy atom. The lowest BCUT2D eigenvalue weighted by molar-refractivity contribution is 0.415. The average Bonchev–Trinajstić information content (AvgIpc) is 2.74. The molecule has 0 atom stereocenters. The maximum Gasteiger partial charge on any atom is 0.119 e. The average molecular weight is 375 g/mol. The van der Waals surface area contributed by atoms with E-state index >= 15 is 0 Å². The van der Waals surface area contributed by atoms with Crippen LogP contribution >= 0.6 is 0 Å². The molecule has 28 heavy (non-hydrogen) atoms. The largest absolute Gasteiger partial charge is 0.508 e. The molecule has 3 rings (SSSR count). The van der Waals surface area contributed by atoms with E-state index in [0.717, 1.165) is 29.7 Å². The summed E-state index contributed by atoms with van der Waals surface area (Å²) in [5, 5.41) is 10.7. The van der Waals surface area contributed by atoms with Gasteiger partial charge in [-0.1, -0.05) is 74.7 Å². The summed E-state index contributed by atoms with van der Waals surface area (Å²) >= 11 is 0. The predicted molar refractivity (Wildman–Crippen MR) is 117 cm³/mol. The van der Waals surface area contributed by atoms with Gasteiger partial charge in [0.2, 0.25) is 0 Å². The van der Waals surface area contributed by atoms with Crippen molar-refractivity contribution in [3.63, 3.8) is 0 Å². The van der Waals surface area contributed by atoms with Crippen molar-refractivity contribution in [3.8, 4) is 22.6 Å². The number of methoxy groups -OCH3 is 1. The van der Waals surface area contributed by atoms with Crippen molar-refractivity contribution in [2.45, 2.75) is 45.4 Å². The van der Waals surface area contributed by atoms with Gasteiger partial charge >= 0.3 is 0 Å². The topological polar surface area (TPSA) is 29.5 Å². The Hall–Kier alpha value is -2.74. The van der Waals surface area contributed by atoms with Crippen LogP contribution in [0.3, 0.4) is 0 Å². The molecular formula is C26H30O2. The van der Waals surface area contributed by atoms with Crippen LogP contribution in [0.25, 0.3) is 11.1 Å². The standard InChI is InChI=1S/C26H30O2/c1-3-4-5-9-12-21-15-18-25(27)24(19-20-10-7-6-8-11-20)26(21)22-13-16-23(28-2)17-14-22/h6-8,10-11,13-18,27H,3-5,9,12,19H2,1-2H3. The van der Waals surface area contributed by atoms with E-state index in [1.807, 2.05) is 36.4 Å². The van der Waals surface area contributed by atoms with Gasteiger partial charge in [-0.2, -0.15) is 0 Å². The molecule has 0 saturated heterocycles. The molecule has 0 heterocycles. The van der Waals surface area contributed by atoms with Crippen molar-refractivity contribution in [2.24, 2.45) is 0 Å². The van der Waals surface area contributed by atoms with Crippen molar-refractivity contribution < 1.29 is 9.84 Å². The van der Waals surface area contributed by atoms with E-state index in [4.69, 9.17) is 4.74 Å². The molecule has 1 N–H and O–H groups in total. The Bertz CT molecular complexity index is 867. The second-order valence-electron chi connectivity index (χ2n) is 7.30. The predicted octanol–water partition coefficient (Wildman–Crippen LogP) is 6.78. The fourth-order valence-corrected chi connectivity index (χ4v) is 3.73. The Labute approximate surface area is 168 Å². The van der Waals surface area contributed by atoms with Crippen LogP contribution in [0.2, 0.25) is 0 Å². The number of phenols is 1. The molecule has 0 aliphatic rings. The number of ether oxygens (including phenoxy) is 1. The van der Waals surface area contributed by atoms with Crippen LogP contribution in [0, 0.1) is 0 Å². The third-order valence-electron chi connectivity index (χ3n) is 5.28. The van der Waals surface area contributed by atoms with Crippen molar-refractivity contribution in [3.05, 3.63) is 83.4 Å². The summed E-state index contributed by atoms with van der Waals surface area (Å²) in [5.41, 5.74) is 5.82. The van der Waals surface area contributed by atoms with E-state index in [9.17, 15) is 5.11 Å². The first-order valence-corrected chi connectivity index (χ1v) is 10.2. The lowest BCUT2D eigenvalue weighted by Crippen LogP contribution is -1.99. The lowest BCUT2D eigenvalue weighted by Gasteiger charge is -2.18. The zero-order valence-electron chi connectivity index (χ0n) is 16.9. The summed E-state index contributed by atoms with van der Waals surface area (Å²) < 4.78 is 5.33. The Morgan fingerprint density at radius 2 is 1.57 bits per heavy atom. The summed E-state index contributed by atoms with van der Waals surface area (Å²) in [4.78, 5) is 0. The van der Waals surface area contributed by atoms with Gasteiger partial charge in [0.05, 0.1) is 7.11 Å². The smallest absolute Gasteiger partial charge is 0.119 e. The van der Waals surface area contributed by atoms with Gasteiger partial charge in [0.1, 0.15) is 11.5 Å². The van der Waals surface area contributed by atoms with Gasteiger partial charge in [0.25, 0.3) is 0 Å². The molecule has 0 fully saturated rings. The van der Waals surface area contributed by atoms with Crippen LogP contribution in [0.5, 0.6) is 11.5 Å². The number of hydrogen-bond acceptors (Lipinski definition) is 2. The quantitative estimate of drug-likeness (QED) is 0.418. The van der Waals surface area contributed by atoms with Gasteiger partial charge in [-0.3, -0.25) is 0 Å². The van der Waals surface area contributed by atoms with Crippen molar-refractivity contribution >= 4 is 0 Å². The fourth-order valence-electron chi connectivity index (χ4n) is 3.73. The molecule has 0 aromatic heterocycles.